The van der Waals surface area contributed by atoms with Crippen molar-refractivity contribution in [1.82, 2.24) is 15.3 Å². The number of pyridine rings is 2. The van der Waals surface area contributed by atoms with Crippen LogP contribution in [0.3, 0.4) is 0 Å². The lowest BCUT2D eigenvalue weighted by Crippen LogP contribution is -2.44. The number of halogens is 2. The highest BCUT2D eigenvalue weighted by molar-refractivity contribution is 5.63. The fourth-order valence-corrected chi connectivity index (χ4v) is 4.30. The van der Waals surface area contributed by atoms with Gasteiger partial charge >= 0.3 is 0 Å². The Morgan fingerprint density at radius 2 is 1.86 bits per heavy atom. The fourth-order valence-electron chi connectivity index (χ4n) is 4.30. The van der Waals surface area contributed by atoms with E-state index in [1.54, 1.807) is 6.20 Å². The number of nitrogens with one attached hydrogen (secondary N) is 1. The molecular weight excluding hydrogens is 358 g/mol. The number of alkyl halides is 2. The summed E-state index contributed by atoms with van der Waals surface area (Å²) in [5, 5.41) is 3.29. The zero-order chi connectivity index (χ0) is 19.3. The van der Waals surface area contributed by atoms with Crippen molar-refractivity contribution in [3.8, 4) is 11.3 Å². The smallest absolute Gasteiger partial charge is 0.264 e. The molecule has 0 radical (unpaired) electrons. The average Bonchev–Trinajstić information content (AvgIpc) is 2.75. The third-order valence-corrected chi connectivity index (χ3v) is 5.86. The maximum atomic E-state index is 13.5. The summed E-state index contributed by atoms with van der Waals surface area (Å²) in [7, 11) is 0. The van der Waals surface area contributed by atoms with E-state index in [0.717, 1.165) is 43.9 Å². The zero-order valence-corrected chi connectivity index (χ0v) is 16.2. The molecule has 150 valence electrons. The van der Waals surface area contributed by atoms with Gasteiger partial charge in [0, 0.05) is 49.2 Å². The standard InChI is InChI=1S/C22H28F2N4/c23-22(24)18-14-20(27-21(15-18)28-10-8-25-9-11-28)17-6-7-26-19(13-17)12-16-4-2-1-3-5-16/h6-7,13-16,22,25H,1-5,8-12H2. The molecule has 4 rings (SSSR count). The van der Waals surface area contributed by atoms with Crippen molar-refractivity contribution in [2.75, 3.05) is 31.1 Å². The van der Waals surface area contributed by atoms with Gasteiger partial charge < -0.3 is 10.2 Å². The number of anilines is 1. The van der Waals surface area contributed by atoms with E-state index in [0.29, 0.717) is 17.4 Å². The van der Waals surface area contributed by atoms with Crippen LogP contribution in [0.4, 0.5) is 14.6 Å². The van der Waals surface area contributed by atoms with Crippen molar-refractivity contribution in [2.45, 2.75) is 45.0 Å². The molecule has 1 N–H and O–H groups in total. The molecule has 6 heteroatoms. The van der Waals surface area contributed by atoms with Crippen molar-refractivity contribution in [1.29, 1.82) is 0 Å². The first-order valence-corrected chi connectivity index (χ1v) is 10.4. The molecule has 28 heavy (non-hydrogen) atoms. The Morgan fingerprint density at radius 3 is 2.61 bits per heavy atom. The van der Waals surface area contributed by atoms with Crippen molar-refractivity contribution >= 4 is 5.82 Å². The highest BCUT2D eigenvalue weighted by Gasteiger charge is 2.19. The van der Waals surface area contributed by atoms with Gasteiger partial charge in [-0.15, -0.1) is 0 Å². The molecule has 0 bridgehead atoms. The molecule has 2 fully saturated rings. The Kier molecular flexibility index (Phi) is 6.15. The number of nitrogens with zero attached hydrogens (tertiary/aromatic N) is 3. The summed E-state index contributed by atoms with van der Waals surface area (Å²) >= 11 is 0. The molecule has 1 saturated carbocycles. The Hall–Kier alpha value is -2.08. The first-order chi connectivity index (χ1) is 13.7. The van der Waals surface area contributed by atoms with Gasteiger partial charge in [0.25, 0.3) is 6.43 Å². The second kappa shape index (κ2) is 8.95. The Labute approximate surface area is 165 Å². The first kappa shape index (κ1) is 19.2. The number of aromatic nitrogens is 2. The SMILES string of the molecule is FC(F)c1cc(-c2ccnc(CC3CCCCC3)c2)nc(N2CCNCC2)c1. The monoisotopic (exact) mass is 386 g/mol. The van der Waals surface area contributed by atoms with Crippen molar-refractivity contribution in [2.24, 2.45) is 5.92 Å². The third kappa shape index (κ3) is 4.66. The predicted octanol–water partition coefficient (Wildman–Crippen LogP) is 4.61. The van der Waals surface area contributed by atoms with Crippen LogP contribution in [0.15, 0.2) is 30.5 Å². The van der Waals surface area contributed by atoms with E-state index in [9.17, 15) is 8.78 Å². The lowest BCUT2D eigenvalue weighted by molar-refractivity contribution is 0.151. The molecule has 1 aliphatic carbocycles. The molecule has 0 aromatic carbocycles. The largest absolute Gasteiger partial charge is 0.354 e. The minimum Gasteiger partial charge on any atom is -0.354 e. The minimum atomic E-state index is -2.51. The van der Waals surface area contributed by atoms with E-state index in [1.807, 2.05) is 12.1 Å². The van der Waals surface area contributed by atoms with E-state index < -0.39 is 6.43 Å². The molecule has 4 nitrogen and oxygen atoms in total. The molecule has 0 spiro atoms. The van der Waals surface area contributed by atoms with Crippen LogP contribution >= 0.6 is 0 Å². The Balaban J connectivity index is 1.61. The van der Waals surface area contributed by atoms with Crippen molar-refractivity contribution in [3.63, 3.8) is 0 Å². The van der Waals surface area contributed by atoms with Crippen molar-refractivity contribution < 1.29 is 8.78 Å². The first-order valence-electron chi connectivity index (χ1n) is 10.4. The zero-order valence-electron chi connectivity index (χ0n) is 16.2. The van der Waals surface area contributed by atoms with Gasteiger partial charge in [-0.05, 0) is 36.6 Å². The number of piperazine rings is 1. The van der Waals surface area contributed by atoms with E-state index in [-0.39, 0.29) is 5.56 Å². The normalized spacial score (nSPS) is 18.6. The quantitative estimate of drug-likeness (QED) is 0.815. The summed E-state index contributed by atoms with van der Waals surface area (Å²) in [4.78, 5) is 11.3. The topological polar surface area (TPSA) is 41.1 Å². The van der Waals surface area contributed by atoms with E-state index >= 15 is 0 Å². The summed E-state index contributed by atoms with van der Waals surface area (Å²) in [6.45, 7) is 3.25. The fraction of sp³-hybridized carbons (Fsp3) is 0.545. The Morgan fingerprint density at radius 1 is 1.07 bits per heavy atom. The van der Waals surface area contributed by atoms with Crippen LogP contribution in [0, 0.1) is 5.92 Å². The second-order valence-electron chi connectivity index (χ2n) is 7.93. The van der Waals surface area contributed by atoms with Gasteiger partial charge in [-0.1, -0.05) is 32.1 Å². The molecule has 1 saturated heterocycles. The number of hydrogen-bond donors (Lipinski definition) is 1. The van der Waals surface area contributed by atoms with Crippen LogP contribution in [0.25, 0.3) is 11.3 Å². The highest BCUT2D eigenvalue weighted by atomic mass is 19.3. The van der Waals surface area contributed by atoms with Crippen LogP contribution in [0.1, 0.15) is 49.8 Å². The Bertz CT molecular complexity index is 784. The van der Waals surface area contributed by atoms with Crippen LogP contribution in [-0.2, 0) is 6.42 Å². The van der Waals surface area contributed by atoms with Crippen LogP contribution in [0.2, 0.25) is 0 Å². The number of hydrogen-bond acceptors (Lipinski definition) is 4. The summed E-state index contributed by atoms with van der Waals surface area (Å²) in [6, 6.07) is 6.97. The minimum absolute atomic E-state index is 0.0316. The van der Waals surface area contributed by atoms with Crippen LogP contribution < -0.4 is 10.2 Å². The molecule has 3 heterocycles. The van der Waals surface area contributed by atoms with E-state index in [2.05, 4.69) is 15.2 Å². The maximum Gasteiger partial charge on any atom is 0.264 e. The molecular formula is C22H28F2N4. The molecule has 2 aromatic heterocycles. The van der Waals surface area contributed by atoms with Gasteiger partial charge in [0.15, 0.2) is 0 Å². The van der Waals surface area contributed by atoms with Gasteiger partial charge in [0.1, 0.15) is 5.82 Å². The molecule has 2 aliphatic rings. The van der Waals surface area contributed by atoms with Gasteiger partial charge in [-0.2, -0.15) is 0 Å². The molecule has 0 atom stereocenters. The van der Waals surface area contributed by atoms with Crippen LogP contribution in [0.5, 0.6) is 0 Å². The number of rotatable bonds is 5. The van der Waals surface area contributed by atoms with E-state index in [4.69, 9.17) is 4.98 Å². The van der Waals surface area contributed by atoms with Gasteiger partial charge in [-0.3, -0.25) is 4.98 Å². The van der Waals surface area contributed by atoms with Crippen molar-refractivity contribution in [3.05, 3.63) is 41.7 Å². The lowest BCUT2D eigenvalue weighted by atomic mass is 9.86. The summed E-state index contributed by atoms with van der Waals surface area (Å²) in [5.41, 5.74) is 2.56. The third-order valence-electron chi connectivity index (χ3n) is 5.86. The maximum absolute atomic E-state index is 13.5. The molecule has 0 unspecified atom stereocenters. The predicted molar refractivity (Wildman–Crippen MR) is 108 cm³/mol. The van der Waals surface area contributed by atoms with E-state index in [1.165, 1.54) is 44.2 Å². The lowest BCUT2D eigenvalue weighted by Gasteiger charge is -2.29. The van der Waals surface area contributed by atoms with Gasteiger partial charge in [-0.25, -0.2) is 13.8 Å². The van der Waals surface area contributed by atoms with Gasteiger partial charge in [0.2, 0.25) is 0 Å². The van der Waals surface area contributed by atoms with Crippen LogP contribution in [-0.4, -0.2) is 36.1 Å². The second-order valence-corrected chi connectivity index (χ2v) is 7.93. The molecule has 2 aromatic rings. The van der Waals surface area contributed by atoms with Gasteiger partial charge in [0.05, 0.1) is 5.69 Å². The average molecular weight is 386 g/mol. The molecule has 0 amide bonds. The summed E-state index contributed by atoms with van der Waals surface area (Å²) in [6.07, 6.45) is 6.71. The summed E-state index contributed by atoms with van der Waals surface area (Å²) in [5.74, 6) is 1.33. The molecule has 1 aliphatic heterocycles. The summed E-state index contributed by atoms with van der Waals surface area (Å²) < 4.78 is 27.1. The highest BCUT2D eigenvalue weighted by Crippen LogP contribution is 2.30.